The van der Waals surface area contributed by atoms with Crippen LogP contribution in [0.2, 0.25) is 0 Å². The SMILES string of the molecule is CCC(CC)N(C)CCOc1ccccc1CN. The summed E-state index contributed by atoms with van der Waals surface area (Å²) < 4.78 is 5.82. The third kappa shape index (κ3) is 4.31. The second-order valence-corrected chi connectivity index (χ2v) is 4.61. The molecule has 1 rings (SSSR count). The summed E-state index contributed by atoms with van der Waals surface area (Å²) in [7, 11) is 2.16. The van der Waals surface area contributed by atoms with Gasteiger partial charge in [0.15, 0.2) is 0 Å². The first-order valence-corrected chi connectivity index (χ1v) is 6.83. The summed E-state index contributed by atoms with van der Waals surface area (Å²) in [5.41, 5.74) is 6.75. The Labute approximate surface area is 111 Å². The number of para-hydroxylation sites is 1. The van der Waals surface area contributed by atoms with E-state index in [9.17, 15) is 0 Å². The Balaban J connectivity index is 2.41. The quantitative estimate of drug-likeness (QED) is 0.771. The number of rotatable bonds is 8. The number of nitrogens with two attached hydrogens (primary N) is 1. The normalized spacial score (nSPS) is 11.2. The van der Waals surface area contributed by atoms with Crippen molar-refractivity contribution >= 4 is 0 Å². The van der Waals surface area contributed by atoms with Gasteiger partial charge in [0.05, 0.1) is 0 Å². The summed E-state index contributed by atoms with van der Waals surface area (Å²) in [6.07, 6.45) is 2.37. The number of hydrogen-bond donors (Lipinski definition) is 1. The van der Waals surface area contributed by atoms with Gasteiger partial charge in [-0.1, -0.05) is 32.0 Å². The highest BCUT2D eigenvalue weighted by atomic mass is 16.5. The van der Waals surface area contributed by atoms with Gasteiger partial charge in [0, 0.05) is 24.7 Å². The summed E-state index contributed by atoms with van der Waals surface area (Å²) in [5, 5.41) is 0. The smallest absolute Gasteiger partial charge is 0.123 e. The van der Waals surface area contributed by atoms with E-state index in [1.807, 2.05) is 24.3 Å². The molecule has 0 atom stereocenters. The van der Waals surface area contributed by atoms with Crippen molar-refractivity contribution in [2.24, 2.45) is 5.73 Å². The van der Waals surface area contributed by atoms with Crippen LogP contribution in [-0.4, -0.2) is 31.1 Å². The molecule has 18 heavy (non-hydrogen) atoms. The Bertz CT molecular complexity index is 337. The maximum Gasteiger partial charge on any atom is 0.123 e. The number of hydrogen-bond acceptors (Lipinski definition) is 3. The summed E-state index contributed by atoms with van der Waals surface area (Å²) >= 11 is 0. The van der Waals surface area contributed by atoms with Gasteiger partial charge in [-0.3, -0.25) is 0 Å². The molecule has 0 bridgehead atoms. The summed E-state index contributed by atoms with van der Waals surface area (Å²) in [6.45, 7) is 6.65. The van der Waals surface area contributed by atoms with Gasteiger partial charge in [-0.2, -0.15) is 0 Å². The molecule has 0 saturated carbocycles. The van der Waals surface area contributed by atoms with Crippen LogP contribution in [0.1, 0.15) is 32.3 Å². The first-order chi connectivity index (χ1) is 8.72. The molecular weight excluding hydrogens is 224 g/mol. The van der Waals surface area contributed by atoms with Gasteiger partial charge >= 0.3 is 0 Å². The Morgan fingerprint density at radius 2 is 1.89 bits per heavy atom. The molecule has 0 radical (unpaired) electrons. The van der Waals surface area contributed by atoms with E-state index < -0.39 is 0 Å². The first kappa shape index (κ1) is 15.0. The van der Waals surface area contributed by atoms with Crippen LogP contribution >= 0.6 is 0 Å². The Kier molecular flexibility index (Phi) is 6.76. The summed E-state index contributed by atoms with van der Waals surface area (Å²) in [5.74, 6) is 0.915. The molecule has 3 heteroatoms. The van der Waals surface area contributed by atoms with Crippen molar-refractivity contribution in [3.63, 3.8) is 0 Å². The topological polar surface area (TPSA) is 38.5 Å². The standard InChI is InChI=1S/C15H26N2O/c1-4-14(5-2)17(3)10-11-18-15-9-7-6-8-13(15)12-16/h6-9,14H,4-5,10-12,16H2,1-3H3. The third-order valence-corrected chi connectivity index (χ3v) is 3.46. The lowest BCUT2D eigenvalue weighted by atomic mass is 10.1. The monoisotopic (exact) mass is 250 g/mol. The fourth-order valence-corrected chi connectivity index (χ4v) is 2.21. The predicted octanol–water partition coefficient (Wildman–Crippen LogP) is 2.64. The summed E-state index contributed by atoms with van der Waals surface area (Å²) in [4.78, 5) is 2.37. The Hall–Kier alpha value is -1.06. The van der Waals surface area contributed by atoms with Crippen LogP contribution in [0.5, 0.6) is 5.75 Å². The lowest BCUT2D eigenvalue weighted by molar-refractivity contribution is 0.183. The van der Waals surface area contributed by atoms with Crippen molar-refractivity contribution in [1.82, 2.24) is 4.90 Å². The molecule has 0 aromatic heterocycles. The van der Waals surface area contributed by atoms with Gasteiger partial charge in [-0.05, 0) is 26.0 Å². The molecule has 0 unspecified atom stereocenters. The maximum absolute atomic E-state index is 5.82. The zero-order valence-corrected chi connectivity index (χ0v) is 11.9. The molecule has 0 aliphatic heterocycles. The van der Waals surface area contributed by atoms with Crippen LogP contribution in [0.3, 0.4) is 0 Å². The van der Waals surface area contributed by atoms with Gasteiger partial charge < -0.3 is 15.4 Å². The molecule has 2 N–H and O–H groups in total. The number of ether oxygens (including phenoxy) is 1. The lowest BCUT2D eigenvalue weighted by Gasteiger charge is -2.26. The molecule has 0 aliphatic rings. The van der Waals surface area contributed by atoms with Gasteiger partial charge in [-0.15, -0.1) is 0 Å². The molecule has 0 amide bonds. The minimum Gasteiger partial charge on any atom is -0.492 e. The minimum absolute atomic E-state index is 0.526. The van der Waals surface area contributed by atoms with Crippen molar-refractivity contribution < 1.29 is 4.74 Å². The number of benzene rings is 1. The molecule has 3 nitrogen and oxygen atoms in total. The van der Waals surface area contributed by atoms with Crippen LogP contribution in [0.4, 0.5) is 0 Å². The average Bonchev–Trinajstić information content (AvgIpc) is 2.40. The number of nitrogens with zero attached hydrogens (tertiary/aromatic N) is 1. The second-order valence-electron chi connectivity index (χ2n) is 4.61. The van der Waals surface area contributed by atoms with E-state index in [-0.39, 0.29) is 0 Å². The molecule has 1 aromatic carbocycles. The zero-order chi connectivity index (χ0) is 13.4. The van der Waals surface area contributed by atoms with Crippen LogP contribution in [0.15, 0.2) is 24.3 Å². The zero-order valence-electron chi connectivity index (χ0n) is 11.9. The number of likely N-dealkylation sites (N-methyl/N-ethyl adjacent to an activating group) is 1. The fraction of sp³-hybridized carbons (Fsp3) is 0.600. The Morgan fingerprint density at radius 1 is 1.22 bits per heavy atom. The van der Waals surface area contributed by atoms with Crippen molar-refractivity contribution in [3.8, 4) is 5.75 Å². The molecule has 0 spiro atoms. The van der Waals surface area contributed by atoms with E-state index in [1.165, 1.54) is 12.8 Å². The molecule has 1 aromatic rings. The highest BCUT2D eigenvalue weighted by molar-refractivity contribution is 5.32. The van der Waals surface area contributed by atoms with Crippen molar-refractivity contribution in [2.75, 3.05) is 20.2 Å². The fourth-order valence-electron chi connectivity index (χ4n) is 2.21. The van der Waals surface area contributed by atoms with Crippen LogP contribution in [-0.2, 0) is 6.54 Å². The van der Waals surface area contributed by atoms with Crippen molar-refractivity contribution in [3.05, 3.63) is 29.8 Å². The third-order valence-electron chi connectivity index (χ3n) is 3.46. The average molecular weight is 250 g/mol. The summed E-state index contributed by atoms with van der Waals surface area (Å²) in [6, 6.07) is 8.63. The first-order valence-electron chi connectivity index (χ1n) is 6.83. The molecule has 0 fully saturated rings. The van der Waals surface area contributed by atoms with Crippen LogP contribution in [0, 0.1) is 0 Å². The van der Waals surface area contributed by atoms with Crippen LogP contribution < -0.4 is 10.5 Å². The van der Waals surface area contributed by atoms with Gasteiger partial charge in [0.1, 0.15) is 12.4 Å². The van der Waals surface area contributed by atoms with E-state index in [4.69, 9.17) is 10.5 Å². The molecule has 102 valence electrons. The highest BCUT2D eigenvalue weighted by Crippen LogP contribution is 2.17. The van der Waals surface area contributed by atoms with Crippen molar-refractivity contribution in [2.45, 2.75) is 39.3 Å². The van der Waals surface area contributed by atoms with E-state index in [0.717, 1.165) is 17.9 Å². The van der Waals surface area contributed by atoms with E-state index in [2.05, 4.69) is 25.8 Å². The van der Waals surface area contributed by atoms with Crippen molar-refractivity contribution in [1.29, 1.82) is 0 Å². The minimum atomic E-state index is 0.526. The second kappa shape index (κ2) is 8.11. The Morgan fingerprint density at radius 3 is 2.50 bits per heavy atom. The maximum atomic E-state index is 5.82. The molecule has 0 saturated heterocycles. The lowest BCUT2D eigenvalue weighted by Crippen LogP contribution is -2.34. The van der Waals surface area contributed by atoms with Gasteiger partial charge in [-0.25, -0.2) is 0 Å². The van der Waals surface area contributed by atoms with Crippen LogP contribution in [0.25, 0.3) is 0 Å². The van der Waals surface area contributed by atoms with E-state index >= 15 is 0 Å². The van der Waals surface area contributed by atoms with Gasteiger partial charge in [0.2, 0.25) is 0 Å². The van der Waals surface area contributed by atoms with Gasteiger partial charge in [0.25, 0.3) is 0 Å². The largest absolute Gasteiger partial charge is 0.492 e. The highest BCUT2D eigenvalue weighted by Gasteiger charge is 2.10. The molecule has 0 aliphatic carbocycles. The van der Waals surface area contributed by atoms with E-state index in [1.54, 1.807) is 0 Å². The van der Waals surface area contributed by atoms with E-state index in [0.29, 0.717) is 19.2 Å². The molecule has 0 heterocycles. The molecular formula is C15H26N2O. The predicted molar refractivity (Wildman–Crippen MR) is 76.8 cm³/mol.